The minimum atomic E-state index is -0.390. The van der Waals surface area contributed by atoms with Gasteiger partial charge in [0.2, 0.25) is 5.95 Å². The molecule has 0 N–H and O–H groups in total. The zero-order valence-electron chi connectivity index (χ0n) is 17.0. The van der Waals surface area contributed by atoms with Gasteiger partial charge in [0.05, 0.1) is 0 Å². The Balaban J connectivity index is 1.42. The summed E-state index contributed by atoms with van der Waals surface area (Å²) in [6.45, 7) is 8.42. The molecule has 0 radical (unpaired) electrons. The summed E-state index contributed by atoms with van der Waals surface area (Å²) in [5, 5.41) is 0. The number of rotatable bonds is 3. The van der Waals surface area contributed by atoms with Crippen molar-refractivity contribution in [3.8, 4) is 0 Å². The van der Waals surface area contributed by atoms with Crippen LogP contribution in [0, 0.1) is 12.7 Å². The molecule has 1 aromatic heterocycles. The first kappa shape index (κ1) is 19.6. The second kappa shape index (κ2) is 8.32. The van der Waals surface area contributed by atoms with Crippen molar-refractivity contribution in [1.29, 1.82) is 0 Å². The molecule has 3 heterocycles. The van der Waals surface area contributed by atoms with E-state index in [1.54, 1.807) is 17.0 Å². The fraction of sp³-hybridized carbons (Fsp3) is 0.476. The van der Waals surface area contributed by atoms with Crippen LogP contribution >= 0.6 is 0 Å². The van der Waals surface area contributed by atoms with Crippen molar-refractivity contribution in [3.05, 3.63) is 47.4 Å². The Labute approximate surface area is 170 Å². The summed E-state index contributed by atoms with van der Waals surface area (Å²) < 4.78 is 13.4. The van der Waals surface area contributed by atoms with E-state index in [1.807, 2.05) is 13.0 Å². The molecule has 0 atom stereocenters. The number of aryl methyl sites for hydroxylation is 1. The number of halogens is 1. The monoisotopic (exact) mass is 398 g/mol. The summed E-state index contributed by atoms with van der Waals surface area (Å²) >= 11 is 0. The van der Waals surface area contributed by atoms with Crippen LogP contribution in [-0.4, -0.2) is 85.1 Å². The van der Waals surface area contributed by atoms with Gasteiger partial charge in [0, 0.05) is 69.7 Å². The van der Waals surface area contributed by atoms with Crippen LogP contribution in [0.15, 0.2) is 30.3 Å². The van der Waals surface area contributed by atoms with Gasteiger partial charge in [-0.15, -0.1) is 0 Å². The van der Waals surface area contributed by atoms with Crippen molar-refractivity contribution in [1.82, 2.24) is 19.8 Å². The Morgan fingerprint density at radius 2 is 1.62 bits per heavy atom. The standard InChI is InChI=1S/C21H27FN6O/c1-16-14-19(26-8-6-25(2)7-9-26)24-21(23-16)28-12-10-27(11-13-28)20(29)17-4-3-5-18(22)15-17/h3-5,14-15H,6-13H2,1-2H3. The van der Waals surface area contributed by atoms with Gasteiger partial charge < -0.3 is 19.6 Å². The number of hydrogen-bond acceptors (Lipinski definition) is 6. The molecule has 2 aromatic rings. The summed E-state index contributed by atoms with van der Waals surface area (Å²) in [7, 11) is 2.14. The van der Waals surface area contributed by atoms with Gasteiger partial charge >= 0.3 is 0 Å². The number of amides is 1. The van der Waals surface area contributed by atoms with Crippen LogP contribution in [0.25, 0.3) is 0 Å². The molecular formula is C21H27FN6O. The van der Waals surface area contributed by atoms with Gasteiger partial charge in [-0.3, -0.25) is 4.79 Å². The third kappa shape index (κ3) is 4.48. The zero-order chi connectivity index (χ0) is 20.4. The highest BCUT2D eigenvalue weighted by atomic mass is 19.1. The molecule has 8 heteroatoms. The van der Waals surface area contributed by atoms with Crippen LogP contribution in [-0.2, 0) is 0 Å². The Morgan fingerprint density at radius 1 is 0.931 bits per heavy atom. The molecule has 2 saturated heterocycles. The summed E-state index contributed by atoms with van der Waals surface area (Å²) in [5.41, 5.74) is 1.34. The number of carbonyl (C=O) groups is 1. The van der Waals surface area contributed by atoms with Gasteiger partial charge in [-0.05, 0) is 32.2 Å². The van der Waals surface area contributed by atoms with Crippen molar-refractivity contribution in [3.63, 3.8) is 0 Å². The number of anilines is 2. The highest BCUT2D eigenvalue weighted by Crippen LogP contribution is 2.20. The number of piperazine rings is 2. The van der Waals surface area contributed by atoms with Gasteiger partial charge in [0.25, 0.3) is 5.91 Å². The molecule has 0 spiro atoms. The molecule has 0 saturated carbocycles. The van der Waals surface area contributed by atoms with E-state index in [4.69, 9.17) is 4.98 Å². The summed E-state index contributed by atoms with van der Waals surface area (Å²) in [6.07, 6.45) is 0. The molecule has 7 nitrogen and oxygen atoms in total. The summed E-state index contributed by atoms with van der Waals surface area (Å²) in [4.78, 5) is 30.6. The highest BCUT2D eigenvalue weighted by molar-refractivity contribution is 5.94. The smallest absolute Gasteiger partial charge is 0.254 e. The molecule has 0 aliphatic carbocycles. The number of carbonyl (C=O) groups excluding carboxylic acids is 1. The van der Waals surface area contributed by atoms with Crippen LogP contribution < -0.4 is 9.80 Å². The van der Waals surface area contributed by atoms with E-state index in [0.717, 1.165) is 43.6 Å². The average Bonchev–Trinajstić information content (AvgIpc) is 2.73. The molecule has 0 unspecified atom stereocenters. The maximum Gasteiger partial charge on any atom is 0.254 e. The third-order valence-corrected chi connectivity index (χ3v) is 5.58. The average molecular weight is 398 g/mol. The SMILES string of the molecule is Cc1cc(N2CCN(C)CC2)nc(N2CCN(C(=O)c3cccc(F)c3)CC2)n1. The van der Waals surface area contributed by atoms with Gasteiger partial charge in [0.15, 0.2) is 0 Å². The van der Waals surface area contributed by atoms with Crippen LogP contribution in [0.2, 0.25) is 0 Å². The second-order valence-electron chi connectivity index (χ2n) is 7.75. The quantitative estimate of drug-likeness (QED) is 0.784. The lowest BCUT2D eigenvalue weighted by Crippen LogP contribution is -2.49. The first-order valence-corrected chi connectivity index (χ1v) is 10.1. The van der Waals surface area contributed by atoms with E-state index in [0.29, 0.717) is 31.7 Å². The molecule has 154 valence electrons. The number of likely N-dealkylation sites (N-methyl/N-ethyl adjacent to an activating group) is 1. The number of hydrogen-bond donors (Lipinski definition) is 0. The maximum absolute atomic E-state index is 13.4. The molecule has 0 bridgehead atoms. The molecular weight excluding hydrogens is 371 g/mol. The van der Waals surface area contributed by atoms with Gasteiger partial charge in [-0.1, -0.05) is 6.07 Å². The first-order chi connectivity index (χ1) is 14.0. The fourth-order valence-corrected chi connectivity index (χ4v) is 3.79. The largest absolute Gasteiger partial charge is 0.354 e. The van der Waals surface area contributed by atoms with E-state index in [1.165, 1.54) is 12.1 Å². The van der Waals surface area contributed by atoms with E-state index in [9.17, 15) is 9.18 Å². The van der Waals surface area contributed by atoms with Crippen LogP contribution in [0.3, 0.4) is 0 Å². The van der Waals surface area contributed by atoms with E-state index < -0.39 is 0 Å². The molecule has 2 aliphatic rings. The van der Waals surface area contributed by atoms with E-state index in [-0.39, 0.29) is 11.7 Å². The third-order valence-electron chi connectivity index (χ3n) is 5.58. The van der Waals surface area contributed by atoms with E-state index >= 15 is 0 Å². The first-order valence-electron chi connectivity index (χ1n) is 10.1. The number of aromatic nitrogens is 2. The van der Waals surface area contributed by atoms with Gasteiger partial charge in [-0.2, -0.15) is 4.98 Å². The van der Waals surface area contributed by atoms with Crippen LogP contribution in [0.4, 0.5) is 16.2 Å². The van der Waals surface area contributed by atoms with Gasteiger partial charge in [-0.25, -0.2) is 9.37 Å². The van der Waals surface area contributed by atoms with Crippen LogP contribution in [0.5, 0.6) is 0 Å². The molecule has 4 rings (SSSR count). The number of benzene rings is 1. The summed E-state index contributed by atoms with van der Waals surface area (Å²) in [6, 6.07) is 7.91. The zero-order valence-corrected chi connectivity index (χ0v) is 17.0. The van der Waals surface area contributed by atoms with Crippen LogP contribution in [0.1, 0.15) is 16.1 Å². The van der Waals surface area contributed by atoms with Crippen molar-refractivity contribution < 1.29 is 9.18 Å². The van der Waals surface area contributed by atoms with Crippen molar-refractivity contribution in [2.24, 2.45) is 0 Å². The number of nitrogens with zero attached hydrogens (tertiary/aromatic N) is 6. The molecule has 1 aromatic carbocycles. The predicted octanol–water partition coefficient (Wildman–Crippen LogP) is 1.64. The normalized spacial score (nSPS) is 18.2. The molecule has 2 fully saturated rings. The Kier molecular flexibility index (Phi) is 5.62. The maximum atomic E-state index is 13.4. The molecule has 2 aliphatic heterocycles. The van der Waals surface area contributed by atoms with E-state index in [2.05, 4.69) is 26.7 Å². The lowest BCUT2D eigenvalue weighted by molar-refractivity contribution is 0.0745. The Morgan fingerprint density at radius 3 is 2.31 bits per heavy atom. The topological polar surface area (TPSA) is 55.8 Å². The molecule has 29 heavy (non-hydrogen) atoms. The minimum absolute atomic E-state index is 0.132. The molecule has 1 amide bonds. The predicted molar refractivity (Wildman–Crippen MR) is 111 cm³/mol. The second-order valence-corrected chi connectivity index (χ2v) is 7.75. The highest BCUT2D eigenvalue weighted by Gasteiger charge is 2.25. The van der Waals surface area contributed by atoms with Crippen molar-refractivity contribution in [2.75, 3.05) is 69.2 Å². The Hall–Kier alpha value is -2.74. The lowest BCUT2D eigenvalue weighted by atomic mass is 10.2. The van der Waals surface area contributed by atoms with Gasteiger partial charge in [0.1, 0.15) is 11.6 Å². The van der Waals surface area contributed by atoms with Crippen molar-refractivity contribution >= 4 is 17.7 Å². The summed E-state index contributed by atoms with van der Waals surface area (Å²) in [5.74, 6) is 1.17. The minimum Gasteiger partial charge on any atom is -0.354 e. The Bertz CT molecular complexity index is 875. The fourth-order valence-electron chi connectivity index (χ4n) is 3.79. The van der Waals surface area contributed by atoms with Crippen molar-refractivity contribution in [2.45, 2.75) is 6.92 Å². The lowest BCUT2D eigenvalue weighted by Gasteiger charge is -2.36.